The number of hydrogen-bond donors (Lipinski definition) is 1. The molecule has 0 bridgehead atoms. The van der Waals surface area contributed by atoms with E-state index in [0.717, 1.165) is 42.3 Å². The van der Waals surface area contributed by atoms with Crippen molar-refractivity contribution in [1.29, 1.82) is 0 Å². The molecule has 0 spiro atoms. The minimum Gasteiger partial charge on any atom is -0.465 e. The molecule has 7 heteroatoms. The Morgan fingerprint density at radius 1 is 1.24 bits per heavy atom. The molecule has 0 aliphatic carbocycles. The number of hydrogen-bond acceptors (Lipinski definition) is 5. The van der Waals surface area contributed by atoms with E-state index in [1.807, 2.05) is 25.1 Å². The predicted molar refractivity (Wildman–Crippen MR) is 108 cm³/mol. The van der Waals surface area contributed by atoms with Crippen molar-refractivity contribution in [2.45, 2.75) is 26.3 Å². The van der Waals surface area contributed by atoms with Gasteiger partial charge in [0.2, 0.25) is 5.91 Å². The predicted octanol–water partition coefficient (Wildman–Crippen LogP) is 3.72. The number of amides is 1. The summed E-state index contributed by atoms with van der Waals surface area (Å²) in [5, 5.41) is 2.97. The van der Waals surface area contributed by atoms with Gasteiger partial charge < -0.3 is 14.6 Å². The molecule has 29 heavy (non-hydrogen) atoms. The Kier molecular flexibility index (Phi) is 5.55. The van der Waals surface area contributed by atoms with Crippen molar-refractivity contribution in [2.75, 3.05) is 18.0 Å². The lowest BCUT2D eigenvalue weighted by Gasteiger charge is -2.32. The molecule has 1 aliphatic heterocycles. The first kappa shape index (κ1) is 19.1. The van der Waals surface area contributed by atoms with Gasteiger partial charge in [-0.05, 0) is 62.2 Å². The number of aryl methyl sites for hydroxylation is 1. The molecule has 1 aliphatic rings. The molecule has 0 radical (unpaired) electrons. The van der Waals surface area contributed by atoms with Gasteiger partial charge >= 0.3 is 0 Å². The summed E-state index contributed by atoms with van der Waals surface area (Å²) in [5.74, 6) is 2.53. The van der Waals surface area contributed by atoms with E-state index in [-0.39, 0.29) is 17.6 Å². The number of anilines is 1. The standard InChI is InChI=1S/C22H23FN4O2/c1-15-4-9-19(29-15)13-25-22(28)17-3-2-12-27(14-17)20-10-11-24-21(26-20)16-5-7-18(23)8-6-16/h4-11,17H,2-3,12-14H2,1H3,(H,25,28)/t17-/m1/s1. The molecule has 1 aromatic carbocycles. The van der Waals surface area contributed by atoms with Crippen LogP contribution in [0.5, 0.6) is 0 Å². The summed E-state index contributed by atoms with van der Waals surface area (Å²) in [6.45, 7) is 3.71. The SMILES string of the molecule is Cc1ccc(CNC(=O)[C@@H]2CCCN(c3ccnc(-c4ccc(F)cc4)n3)C2)o1. The van der Waals surface area contributed by atoms with E-state index in [4.69, 9.17) is 4.42 Å². The zero-order valence-corrected chi connectivity index (χ0v) is 16.3. The summed E-state index contributed by atoms with van der Waals surface area (Å²) < 4.78 is 18.7. The van der Waals surface area contributed by atoms with Crippen molar-refractivity contribution < 1.29 is 13.6 Å². The highest BCUT2D eigenvalue weighted by Gasteiger charge is 2.26. The quantitative estimate of drug-likeness (QED) is 0.714. The van der Waals surface area contributed by atoms with Crippen molar-refractivity contribution in [3.63, 3.8) is 0 Å². The van der Waals surface area contributed by atoms with Crippen LogP contribution in [-0.2, 0) is 11.3 Å². The number of furan rings is 1. The van der Waals surface area contributed by atoms with Crippen LogP contribution in [0.4, 0.5) is 10.2 Å². The van der Waals surface area contributed by atoms with Gasteiger partial charge in [-0.3, -0.25) is 4.79 Å². The van der Waals surface area contributed by atoms with Gasteiger partial charge in [-0.2, -0.15) is 0 Å². The normalized spacial score (nSPS) is 16.6. The van der Waals surface area contributed by atoms with Crippen LogP contribution in [-0.4, -0.2) is 29.0 Å². The second-order valence-electron chi connectivity index (χ2n) is 7.26. The Balaban J connectivity index is 1.42. The van der Waals surface area contributed by atoms with Crippen molar-refractivity contribution >= 4 is 11.7 Å². The minimum absolute atomic E-state index is 0.0246. The molecular weight excluding hydrogens is 371 g/mol. The van der Waals surface area contributed by atoms with E-state index in [1.165, 1.54) is 12.1 Å². The number of nitrogens with one attached hydrogen (secondary N) is 1. The average Bonchev–Trinajstić information content (AvgIpc) is 3.18. The third-order valence-electron chi connectivity index (χ3n) is 5.09. The first-order valence-electron chi connectivity index (χ1n) is 9.75. The zero-order valence-electron chi connectivity index (χ0n) is 16.3. The van der Waals surface area contributed by atoms with Gasteiger partial charge in [0.25, 0.3) is 0 Å². The van der Waals surface area contributed by atoms with E-state index in [0.29, 0.717) is 18.9 Å². The summed E-state index contributed by atoms with van der Waals surface area (Å²) in [6, 6.07) is 11.7. The van der Waals surface area contributed by atoms with Gasteiger partial charge in [-0.15, -0.1) is 0 Å². The van der Waals surface area contributed by atoms with Crippen molar-refractivity contribution in [2.24, 2.45) is 5.92 Å². The molecule has 1 fully saturated rings. The van der Waals surface area contributed by atoms with Gasteiger partial charge in [0.05, 0.1) is 12.5 Å². The molecule has 3 aromatic rings. The average molecular weight is 394 g/mol. The fraction of sp³-hybridized carbons (Fsp3) is 0.318. The summed E-state index contributed by atoms with van der Waals surface area (Å²) in [7, 11) is 0. The highest BCUT2D eigenvalue weighted by molar-refractivity contribution is 5.79. The highest BCUT2D eigenvalue weighted by Crippen LogP contribution is 2.24. The second-order valence-corrected chi connectivity index (χ2v) is 7.26. The lowest BCUT2D eigenvalue weighted by molar-refractivity contribution is -0.125. The first-order valence-corrected chi connectivity index (χ1v) is 9.75. The van der Waals surface area contributed by atoms with Crippen LogP contribution >= 0.6 is 0 Å². The maximum absolute atomic E-state index is 13.2. The minimum atomic E-state index is -0.292. The molecule has 4 rings (SSSR count). The molecule has 0 saturated carbocycles. The van der Waals surface area contributed by atoms with Gasteiger partial charge in [0.1, 0.15) is 23.2 Å². The lowest BCUT2D eigenvalue weighted by Crippen LogP contribution is -2.43. The monoisotopic (exact) mass is 394 g/mol. The molecule has 6 nitrogen and oxygen atoms in total. The molecule has 1 N–H and O–H groups in total. The molecule has 2 aromatic heterocycles. The Morgan fingerprint density at radius 2 is 2.07 bits per heavy atom. The van der Waals surface area contributed by atoms with Crippen molar-refractivity contribution in [3.8, 4) is 11.4 Å². The van der Waals surface area contributed by atoms with E-state index in [1.54, 1.807) is 18.3 Å². The van der Waals surface area contributed by atoms with Gasteiger partial charge in [0, 0.05) is 24.8 Å². The number of halogens is 1. The smallest absolute Gasteiger partial charge is 0.225 e. The van der Waals surface area contributed by atoms with Crippen LogP contribution in [0.25, 0.3) is 11.4 Å². The highest BCUT2D eigenvalue weighted by atomic mass is 19.1. The molecule has 1 saturated heterocycles. The van der Waals surface area contributed by atoms with Gasteiger partial charge in [-0.1, -0.05) is 0 Å². The number of benzene rings is 1. The number of rotatable bonds is 5. The molecule has 1 atom stereocenters. The molecule has 0 unspecified atom stereocenters. The van der Waals surface area contributed by atoms with E-state index in [9.17, 15) is 9.18 Å². The summed E-state index contributed by atoms with van der Waals surface area (Å²) in [6.07, 6.45) is 3.45. The van der Waals surface area contributed by atoms with Crippen molar-refractivity contribution in [1.82, 2.24) is 15.3 Å². The maximum Gasteiger partial charge on any atom is 0.225 e. The lowest BCUT2D eigenvalue weighted by atomic mass is 9.97. The molecular formula is C22H23FN4O2. The van der Waals surface area contributed by atoms with Crippen molar-refractivity contribution in [3.05, 3.63) is 66.0 Å². The topological polar surface area (TPSA) is 71.3 Å². The number of piperidine rings is 1. The van der Waals surface area contributed by atoms with Crippen LogP contribution in [0, 0.1) is 18.7 Å². The fourth-order valence-electron chi connectivity index (χ4n) is 3.56. The van der Waals surface area contributed by atoms with E-state index < -0.39 is 0 Å². The Bertz CT molecular complexity index is 986. The van der Waals surface area contributed by atoms with Crippen LogP contribution in [0.3, 0.4) is 0 Å². The fourth-order valence-corrected chi connectivity index (χ4v) is 3.56. The third-order valence-corrected chi connectivity index (χ3v) is 5.09. The zero-order chi connectivity index (χ0) is 20.2. The molecule has 1 amide bonds. The molecule has 150 valence electrons. The third kappa shape index (κ3) is 4.62. The number of aromatic nitrogens is 2. The van der Waals surface area contributed by atoms with E-state index in [2.05, 4.69) is 20.2 Å². The van der Waals surface area contributed by atoms with Gasteiger partial charge in [-0.25, -0.2) is 14.4 Å². The van der Waals surface area contributed by atoms with Crippen LogP contribution < -0.4 is 10.2 Å². The van der Waals surface area contributed by atoms with E-state index >= 15 is 0 Å². The first-order chi connectivity index (χ1) is 14.1. The maximum atomic E-state index is 13.2. The largest absolute Gasteiger partial charge is 0.465 e. The Labute approximate surface area is 168 Å². The summed E-state index contributed by atoms with van der Waals surface area (Å²) >= 11 is 0. The number of carbonyl (C=O) groups excluding carboxylic acids is 1. The summed E-state index contributed by atoms with van der Waals surface area (Å²) in [5.41, 5.74) is 0.758. The molecule has 3 heterocycles. The summed E-state index contributed by atoms with van der Waals surface area (Å²) in [4.78, 5) is 23.7. The second kappa shape index (κ2) is 8.43. The Hall–Kier alpha value is -3.22. The van der Waals surface area contributed by atoms with Crippen LogP contribution in [0.1, 0.15) is 24.4 Å². The van der Waals surface area contributed by atoms with Crippen LogP contribution in [0.2, 0.25) is 0 Å². The Morgan fingerprint density at radius 3 is 2.83 bits per heavy atom. The van der Waals surface area contributed by atoms with Crippen LogP contribution in [0.15, 0.2) is 53.1 Å². The van der Waals surface area contributed by atoms with Gasteiger partial charge in [0.15, 0.2) is 5.82 Å². The number of carbonyl (C=O) groups is 1. The number of nitrogens with zero attached hydrogens (tertiary/aromatic N) is 3.